The number of aryl methyl sites for hydroxylation is 2. The molecule has 22 heavy (non-hydrogen) atoms. The third kappa shape index (κ3) is 4.32. The Morgan fingerprint density at radius 2 is 1.82 bits per heavy atom. The van der Waals surface area contributed by atoms with E-state index in [9.17, 15) is 4.79 Å². The van der Waals surface area contributed by atoms with Crippen molar-refractivity contribution in [2.75, 3.05) is 5.32 Å². The van der Waals surface area contributed by atoms with Crippen molar-refractivity contribution >= 4 is 17.3 Å². The molecule has 0 spiro atoms. The van der Waals surface area contributed by atoms with Gasteiger partial charge in [-0.15, -0.1) is 0 Å². The van der Waals surface area contributed by atoms with Gasteiger partial charge in [0.25, 0.3) is 5.91 Å². The molecule has 0 atom stereocenters. The van der Waals surface area contributed by atoms with E-state index < -0.39 is 0 Å². The van der Waals surface area contributed by atoms with E-state index in [0.717, 1.165) is 11.4 Å². The lowest BCUT2D eigenvalue weighted by Crippen LogP contribution is -2.40. The zero-order valence-electron chi connectivity index (χ0n) is 13.8. The molecule has 1 heterocycles. The summed E-state index contributed by atoms with van der Waals surface area (Å²) >= 11 is 0. The Balaban J connectivity index is 2.12. The lowest BCUT2D eigenvalue weighted by molar-refractivity contribution is 0.0914. The van der Waals surface area contributed by atoms with Crippen LogP contribution in [0.5, 0.6) is 0 Å². The fraction of sp³-hybridized carbons (Fsp3) is 0.333. The number of nitrogens with one attached hydrogen (secondary N) is 2. The molecule has 0 saturated heterocycles. The van der Waals surface area contributed by atoms with Gasteiger partial charge in [-0.25, -0.2) is 4.98 Å². The average Bonchev–Trinajstić information content (AvgIpc) is 2.42. The molecule has 116 valence electrons. The second-order valence-electron chi connectivity index (χ2n) is 6.58. The Labute approximate surface area is 132 Å². The molecule has 2 rings (SSSR count). The Kier molecular flexibility index (Phi) is 4.50. The lowest BCUT2D eigenvalue weighted by Gasteiger charge is -2.20. The molecule has 0 aliphatic rings. The lowest BCUT2D eigenvalue weighted by atomic mass is 10.1. The average molecular weight is 297 g/mol. The molecular weight excluding hydrogens is 274 g/mol. The van der Waals surface area contributed by atoms with Gasteiger partial charge < -0.3 is 10.6 Å². The zero-order chi connectivity index (χ0) is 16.3. The van der Waals surface area contributed by atoms with E-state index in [-0.39, 0.29) is 11.4 Å². The topological polar surface area (TPSA) is 54.0 Å². The van der Waals surface area contributed by atoms with Crippen LogP contribution in [-0.4, -0.2) is 16.4 Å². The van der Waals surface area contributed by atoms with E-state index >= 15 is 0 Å². The third-order valence-electron chi connectivity index (χ3n) is 3.16. The number of carbonyl (C=O) groups is 1. The number of amides is 1. The molecule has 0 bridgehead atoms. The third-order valence-corrected chi connectivity index (χ3v) is 3.16. The normalized spacial score (nSPS) is 11.1. The van der Waals surface area contributed by atoms with Crippen LogP contribution >= 0.6 is 0 Å². The zero-order valence-corrected chi connectivity index (χ0v) is 13.8. The van der Waals surface area contributed by atoms with Crippen molar-refractivity contribution in [3.8, 4) is 0 Å². The number of nitrogens with zero attached hydrogens (tertiary/aromatic N) is 1. The maximum atomic E-state index is 12.0. The number of aromatic nitrogens is 1. The summed E-state index contributed by atoms with van der Waals surface area (Å²) in [4.78, 5) is 16.3. The van der Waals surface area contributed by atoms with E-state index in [1.54, 1.807) is 12.3 Å². The van der Waals surface area contributed by atoms with Gasteiger partial charge in [0.2, 0.25) is 0 Å². The van der Waals surface area contributed by atoms with E-state index in [1.807, 2.05) is 26.8 Å². The number of carbonyl (C=O) groups excluding carboxylic acids is 1. The number of hydrogen-bond acceptors (Lipinski definition) is 3. The molecule has 0 fully saturated rings. The first-order valence-electron chi connectivity index (χ1n) is 7.37. The van der Waals surface area contributed by atoms with E-state index in [4.69, 9.17) is 0 Å². The Hall–Kier alpha value is -2.36. The second kappa shape index (κ2) is 6.18. The first-order chi connectivity index (χ1) is 10.2. The highest BCUT2D eigenvalue weighted by Gasteiger charge is 2.16. The van der Waals surface area contributed by atoms with Crippen molar-refractivity contribution in [1.29, 1.82) is 0 Å². The summed E-state index contributed by atoms with van der Waals surface area (Å²) in [5.74, 6) is -0.161. The highest BCUT2D eigenvalue weighted by atomic mass is 16.2. The minimum absolute atomic E-state index is 0.161. The summed E-state index contributed by atoms with van der Waals surface area (Å²) in [6, 6.07) is 9.85. The quantitative estimate of drug-likeness (QED) is 0.901. The number of anilines is 2. The van der Waals surface area contributed by atoms with Crippen molar-refractivity contribution < 1.29 is 4.79 Å². The van der Waals surface area contributed by atoms with Gasteiger partial charge in [-0.3, -0.25) is 4.79 Å². The van der Waals surface area contributed by atoms with Gasteiger partial charge in [0, 0.05) is 11.2 Å². The summed E-state index contributed by atoms with van der Waals surface area (Å²) in [6.07, 6.45) is 1.68. The SMILES string of the molecule is Cc1ccc(C)c(Nc2ccc(C(=O)NC(C)(C)C)nc2)c1. The molecule has 1 aromatic heterocycles. The number of hydrogen-bond donors (Lipinski definition) is 2. The fourth-order valence-electron chi connectivity index (χ4n) is 2.03. The van der Waals surface area contributed by atoms with Crippen LogP contribution in [0.1, 0.15) is 42.4 Å². The minimum Gasteiger partial charge on any atom is -0.354 e. The highest BCUT2D eigenvalue weighted by Crippen LogP contribution is 2.21. The highest BCUT2D eigenvalue weighted by molar-refractivity contribution is 5.93. The maximum Gasteiger partial charge on any atom is 0.270 e. The molecule has 4 nitrogen and oxygen atoms in total. The molecule has 0 radical (unpaired) electrons. The molecule has 1 aromatic carbocycles. The van der Waals surface area contributed by atoms with Crippen molar-refractivity contribution in [1.82, 2.24) is 10.3 Å². The second-order valence-corrected chi connectivity index (χ2v) is 6.58. The minimum atomic E-state index is -0.269. The summed E-state index contributed by atoms with van der Waals surface area (Å²) < 4.78 is 0. The van der Waals surface area contributed by atoms with Crippen molar-refractivity contribution in [3.63, 3.8) is 0 Å². The van der Waals surface area contributed by atoms with E-state index in [2.05, 4.69) is 47.7 Å². The predicted molar refractivity (Wildman–Crippen MR) is 90.7 cm³/mol. The van der Waals surface area contributed by atoms with Crippen LogP contribution in [0.15, 0.2) is 36.5 Å². The summed E-state index contributed by atoms with van der Waals surface area (Å²) in [5.41, 5.74) is 4.42. The van der Waals surface area contributed by atoms with Crippen LogP contribution in [0.2, 0.25) is 0 Å². The molecule has 0 aliphatic heterocycles. The van der Waals surface area contributed by atoms with Crippen LogP contribution in [0.25, 0.3) is 0 Å². The van der Waals surface area contributed by atoms with Crippen molar-refractivity contribution in [3.05, 3.63) is 53.3 Å². The Morgan fingerprint density at radius 3 is 2.41 bits per heavy atom. The van der Waals surface area contributed by atoms with Crippen molar-refractivity contribution in [2.24, 2.45) is 0 Å². The van der Waals surface area contributed by atoms with E-state index in [0.29, 0.717) is 5.69 Å². The van der Waals surface area contributed by atoms with Crippen LogP contribution in [0, 0.1) is 13.8 Å². The summed E-state index contributed by atoms with van der Waals surface area (Å²) in [7, 11) is 0. The molecule has 4 heteroatoms. The monoisotopic (exact) mass is 297 g/mol. The fourth-order valence-corrected chi connectivity index (χ4v) is 2.03. The summed E-state index contributed by atoms with van der Waals surface area (Å²) in [5, 5.41) is 6.23. The first-order valence-corrected chi connectivity index (χ1v) is 7.37. The largest absolute Gasteiger partial charge is 0.354 e. The van der Waals surface area contributed by atoms with Crippen LogP contribution in [0.4, 0.5) is 11.4 Å². The van der Waals surface area contributed by atoms with Gasteiger partial charge in [-0.1, -0.05) is 12.1 Å². The van der Waals surface area contributed by atoms with Gasteiger partial charge in [-0.2, -0.15) is 0 Å². The van der Waals surface area contributed by atoms with Crippen molar-refractivity contribution in [2.45, 2.75) is 40.2 Å². The van der Waals surface area contributed by atoms with Crippen LogP contribution in [0.3, 0.4) is 0 Å². The van der Waals surface area contributed by atoms with Gasteiger partial charge >= 0.3 is 0 Å². The number of benzene rings is 1. The standard InChI is InChI=1S/C18H23N3O/c1-12-6-7-13(2)16(10-12)20-14-8-9-15(19-11-14)17(22)21-18(3,4)5/h6-11,20H,1-5H3,(H,21,22). The molecule has 2 aromatic rings. The predicted octanol–water partition coefficient (Wildman–Crippen LogP) is 3.97. The Morgan fingerprint density at radius 1 is 1.09 bits per heavy atom. The number of pyridine rings is 1. The first kappa shape index (κ1) is 16.0. The molecule has 0 unspecified atom stereocenters. The molecule has 0 saturated carbocycles. The molecule has 2 N–H and O–H groups in total. The maximum absolute atomic E-state index is 12.0. The van der Waals surface area contributed by atoms with Gasteiger partial charge in [0.1, 0.15) is 5.69 Å². The molecular formula is C18H23N3O. The number of rotatable bonds is 3. The van der Waals surface area contributed by atoms with E-state index in [1.165, 1.54) is 11.1 Å². The smallest absolute Gasteiger partial charge is 0.270 e. The Bertz CT molecular complexity index is 670. The van der Waals surface area contributed by atoms with Crippen LogP contribution in [-0.2, 0) is 0 Å². The van der Waals surface area contributed by atoms with Gasteiger partial charge in [0.15, 0.2) is 0 Å². The van der Waals surface area contributed by atoms with Crippen LogP contribution < -0.4 is 10.6 Å². The molecule has 0 aliphatic carbocycles. The van der Waals surface area contributed by atoms with Gasteiger partial charge in [-0.05, 0) is 63.9 Å². The molecule has 1 amide bonds. The summed E-state index contributed by atoms with van der Waals surface area (Å²) in [6.45, 7) is 9.95. The van der Waals surface area contributed by atoms with Gasteiger partial charge in [0.05, 0.1) is 11.9 Å².